The van der Waals surface area contributed by atoms with Crippen LogP contribution in [0.2, 0.25) is 0 Å². The monoisotopic (exact) mass is 206 g/mol. The van der Waals surface area contributed by atoms with E-state index in [1.54, 1.807) is 0 Å². The van der Waals surface area contributed by atoms with Crippen LogP contribution in [0.4, 0.5) is 0 Å². The first kappa shape index (κ1) is 12.2. The van der Waals surface area contributed by atoms with Crippen molar-refractivity contribution in [2.24, 2.45) is 5.41 Å². The van der Waals surface area contributed by atoms with Crippen molar-refractivity contribution in [3.8, 4) is 0 Å². The molecular weight excluding hydrogens is 184 g/mol. The molecule has 1 heterocycles. The maximum absolute atomic E-state index is 4.24. The molecule has 0 saturated heterocycles. The Bertz CT molecular complexity index is 313. The molecule has 84 valence electrons. The summed E-state index contributed by atoms with van der Waals surface area (Å²) < 4.78 is 0. The summed E-state index contributed by atoms with van der Waals surface area (Å²) in [5.41, 5.74) is 2.64. The van der Waals surface area contributed by atoms with E-state index >= 15 is 0 Å². The topological polar surface area (TPSA) is 24.9 Å². The van der Waals surface area contributed by atoms with Crippen LogP contribution in [0.25, 0.3) is 0 Å². The smallest absolute Gasteiger partial charge is 0.0375 e. The Morgan fingerprint density at radius 2 is 2.07 bits per heavy atom. The SMILES string of the molecule is CCNC(c1ccnc(C)c1)C(C)(C)C. The third-order valence-electron chi connectivity index (χ3n) is 2.53. The molecule has 0 bridgehead atoms. The van der Waals surface area contributed by atoms with E-state index in [1.165, 1.54) is 5.56 Å². The summed E-state index contributed by atoms with van der Waals surface area (Å²) in [4.78, 5) is 4.24. The predicted molar refractivity (Wildman–Crippen MR) is 64.8 cm³/mol. The first-order valence-electron chi connectivity index (χ1n) is 5.61. The van der Waals surface area contributed by atoms with Gasteiger partial charge in [0.05, 0.1) is 0 Å². The molecule has 1 unspecified atom stereocenters. The van der Waals surface area contributed by atoms with Crippen molar-refractivity contribution in [3.05, 3.63) is 29.6 Å². The van der Waals surface area contributed by atoms with Crippen LogP contribution in [0, 0.1) is 12.3 Å². The molecule has 0 aliphatic rings. The van der Waals surface area contributed by atoms with Crippen LogP contribution in [-0.4, -0.2) is 11.5 Å². The Labute approximate surface area is 93.1 Å². The van der Waals surface area contributed by atoms with Gasteiger partial charge in [0, 0.05) is 17.9 Å². The molecule has 0 fully saturated rings. The minimum atomic E-state index is 0.226. The van der Waals surface area contributed by atoms with E-state index in [2.05, 4.69) is 50.1 Å². The minimum Gasteiger partial charge on any atom is -0.310 e. The summed E-state index contributed by atoms with van der Waals surface area (Å²) in [7, 11) is 0. The van der Waals surface area contributed by atoms with Crippen LogP contribution in [-0.2, 0) is 0 Å². The Kier molecular flexibility index (Phi) is 3.86. The van der Waals surface area contributed by atoms with Crippen molar-refractivity contribution in [1.29, 1.82) is 0 Å². The van der Waals surface area contributed by atoms with Gasteiger partial charge >= 0.3 is 0 Å². The Morgan fingerprint density at radius 1 is 1.40 bits per heavy atom. The van der Waals surface area contributed by atoms with E-state index in [4.69, 9.17) is 0 Å². The lowest BCUT2D eigenvalue weighted by Crippen LogP contribution is -2.32. The van der Waals surface area contributed by atoms with E-state index in [0.717, 1.165) is 12.2 Å². The quantitative estimate of drug-likeness (QED) is 0.822. The summed E-state index contributed by atoms with van der Waals surface area (Å²) in [6.45, 7) is 12.0. The average Bonchev–Trinajstić information content (AvgIpc) is 2.12. The van der Waals surface area contributed by atoms with Crippen molar-refractivity contribution in [1.82, 2.24) is 10.3 Å². The van der Waals surface area contributed by atoms with Crippen molar-refractivity contribution >= 4 is 0 Å². The fourth-order valence-electron chi connectivity index (χ4n) is 1.88. The van der Waals surface area contributed by atoms with Gasteiger partial charge in [-0.3, -0.25) is 4.98 Å². The van der Waals surface area contributed by atoms with Crippen molar-refractivity contribution in [2.75, 3.05) is 6.54 Å². The lowest BCUT2D eigenvalue weighted by atomic mass is 9.82. The first-order chi connectivity index (χ1) is 6.95. The molecule has 1 atom stereocenters. The molecule has 1 aromatic rings. The third-order valence-corrected chi connectivity index (χ3v) is 2.53. The summed E-state index contributed by atoms with van der Waals surface area (Å²) in [6, 6.07) is 4.66. The van der Waals surface area contributed by atoms with Gasteiger partial charge in [-0.15, -0.1) is 0 Å². The summed E-state index contributed by atoms with van der Waals surface area (Å²) in [5.74, 6) is 0. The van der Waals surface area contributed by atoms with Crippen molar-refractivity contribution in [2.45, 2.75) is 40.7 Å². The molecular formula is C13H22N2. The van der Waals surface area contributed by atoms with Gasteiger partial charge in [0.2, 0.25) is 0 Å². The summed E-state index contributed by atoms with van der Waals surface area (Å²) >= 11 is 0. The third kappa shape index (κ3) is 3.31. The Hall–Kier alpha value is -0.890. The van der Waals surface area contributed by atoms with Gasteiger partial charge in [-0.25, -0.2) is 0 Å². The minimum absolute atomic E-state index is 0.226. The number of nitrogens with one attached hydrogen (secondary N) is 1. The number of rotatable bonds is 3. The zero-order valence-corrected chi connectivity index (χ0v) is 10.5. The van der Waals surface area contributed by atoms with E-state index < -0.39 is 0 Å². The van der Waals surface area contributed by atoms with Crippen LogP contribution in [0.5, 0.6) is 0 Å². The van der Waals surface area contributed by atoms with Crippen LogP contribution in [0.1, 0.15) is 45.0 Å². The predicted octanol–water partition coefficient (Wildman–Crippen LogP) is 3.09. The van der Waals surface area contributed by atoms with Crippen molar-refractivity contribution < 1.29 is 0 Å². The molecule has 2 nitrogen and oxygen atoms in total. The molecule has 1 rings (SSSR count). The number of nitrogens with zero attached hydrogens (tertiary/aromatic N) is 1. The maximum atomic E-state index is 4.24. The maximum Gasteiger partial charge on any atom is 0.0375 e. The van der Waals surface area contributed by atoms with E-state index in [9.17, 15) is 0 Å². The molecule has 2 heteroatoms. The Morgan fingerprint density at radius 3 is 2.53 bits per heavy atom. The highest BCUT2D eigenvalue weighted by molar-refractivity contribution is 5.21. The lowest BCUT2D eigenvalue weighted by molar-refractivity contribution is 0.276. The largest absolute Gasteiger partial charge is 0.310 e. The highest BCUT2D eigenvalue weighted by atomic mass is 14.9. The lowest BCUT2D eigenvalue weighted by Gasteiger charge is -2.32. The average molecular weight is 206 g/mol. The van der Waals surface area contributed by atoms with Crippen LogP contribution in [0.15, 0.2) is 18.3 Å². The van der Waals surface area contributed by atoms with E-state index in [0.29, 0.717) is 6.04 Å². The van der Waals surface area contributed by atoms with E-state index in [-0.39, 0.29) is 5.41 Å². The number of hydrogen-bond acceptors (Lipinski definition) is 2. The summed E-state index contributed by atoms with van der Waals surface area (Å²) in [5, 5.41) is 3.54. The molecule has 15 heavy (non-hydrogen) atoms. The van der Waals surface area contributed by atoms with Gasteiger partial charge in [0.25, 0.3) is 0 Å². The molecule has 0 radical (unpaired) electrons. The second kappa shape index (κ2) is 4.75. The molecule has 0 aliphatic carbocycles. The fraction of sp³-hybridized carbons (Fsp3) is 0.615. The van der Waals surface area contributed by atoms with Gasteiger partial charge < -0.3 is 5.32 Å². The second-order valence-corrected chi connectivity index (χ2v) is 5.09. The number of aryl methyl sites for hydroxylation is 1. The molecule has 0 aromatic carbocycles. The molecule has 0 aliphatic heterocycles. The highest BCUT2D eigenvalue weighted by Crippen LogP contribution is 2.32. The van der Waals surface area contributed by atoms with Crippen LogP contribution >= 0.6 is 0 Å². The Balaban J connectivity index is 2.99. The normalized spacial score (nSPS) is 13.9. The van der Waals surface area contributed by atoms with E-state index in [1.807, 2.05) is 13.1 Å². The standard InChI is InChI=1S/C13H22N2/c1-6-14-12(13(3,4)5)11-7-8-15-10(2)9-11/h7-9,12,14H,6H2,1-5H3. The second-order valence-electron chi connectivity index (χ2n) is 5.09. The molecule has 1 aromatic heterocycles. The van der Waals surface area contributed by atoms with Gasteiger partial charge in [-0.2, -0.15) is 0 Å². The van der Waals surface area contributed by atoms with Gasteiger partial charge in [-0.1, -0.05) is 27.7 Å². The van der Waals surface area contributed by atoms with Crippen LogP contribution in [0.3, 0.4) is 0 Å². The van der Waals surface area contributed by atoms with Gasteiger partial charge in [-0.05, 0) is 36.6 Å². The number of aromatic nitrogens is 1. The summed E-state index contributed by atoms with van der Waals surface area (Å²) in [6.07, 6.45) is 1.89. The molecule has 0 spiro atoms. The van der Waals surface area contributed by atoms with Gasteiger partial charge in [0.1, 0.15) is 0 Å². The van der Waals surface area contributed by atoms with Crippen LogP contribution < -0.4 is 5.32 Å². The molecule has 0 amide bonds. The van der Waals surface area contributed by atoms with Crippen molar-refractivity contribution in [3.63, 3.8) is 0 Å². The zero-order valence-electron chi connectivity index (χ0n) is 10.5. The first-order valence-corrected chi connectivity index (χ1v) is 5.61. The molecule has 1 N–H and O–H groups in total. The zero-order chi connectivity index (χ0) is 11.5. The number of hydrogen-bond donors (Lipinski definition) is 1. The number of pyridine rings is 1. The highest BCUT2D eigenvalue weighted by Gasteiger charge is 2.25. The fourth-order valence-corrected chi connectivity index (χ4v) is 1.88. The van der Waals surface area contributed by atoms with Gasteiger partial charge in [0.15, 0.2) is 0 Å². The molecule has 0 saturated carbocycles.